The van der Waals surface area contributed by atoms with Crippen LogP contribution in [0.2, 0.25) is 10.0 Å². The van der Waals surface area contributed by atoms with Crippen LogP contribution in [0.1, 0.15) is 35.6 Å². The molecule has 0 N–H and O–H groups in total. The molecule has 1 saturated heterocycles. The molecule has 1 aliphatic carbocycles. The Kier molecular flexibility index (Phi) is 4.95. The number of aryl methyl sites for hydroxylation is 1. The molecule has 2 nitrogen and oxygen atoms in total. The molecule has 1 fully saturated rings. The molecule has 25 heavy (non-hydrogen) atoms. The number of likely N-dealkylation sites (tertiary alicyclic amines) is 1. The van der Waals surface area contributed by atoms with Gasteiger partial charge in [-0.15, -0.1) is 0 Å². The fraction of sp³-hybridized carbons (Fsp3) is 0.429. The van der Waals surface area contributed by atoms with Crippen molar-refractivity contribution in [1.82, 2.24) is 4.90 Å². The number of ether oxygens (including phenoxy) is 1. The maximum atomic E-state index is 6.49. The highest BCUT2D eigenvalue weighted by Crippen LogP contribution is 2.44. The van der Waals surface area contributed by atoms with Crippen LogP contribution in [0.5, 0.6) is 5.75 Å². The summed E-state index contributed by atoms with van der Waals surface area (Å²) in [5, 5.41) is 1.45. The van der Waals surface area contributed by atoms with Crippen LogP contribution in [0.25, 0.3) is 0 Å². The first-order valence-corrected chi connectivity index (χ1v) is 9.79. The van der Waals surface area contributed by atoms with Crippen molar-refractivity contribution in [2.45, 2.75) is 32.3 Å². The normalized spacial score (nSPS) is 23.0. The Morgan fingerprint density at radius 3 is 2.52 bits per heavy atom. The van der Waals surface area contributed by atoms with E-state index in [-0.39, 0.29) is 6.10 Å². The molecule has 1 aliphatic heterocycles. The summed E-state index contributed by atoms with van der Waals surface area (Å²) < 4.78 is 6.45. The van der Waals surface area contributed by atoms with Crippen molar-refractivity contribution in [2.24, 2.45) is 5.92 Å². The topological polar surface area (TPSA) is 12.5 Å². The first-order chi connectivity index (χ1) is 12.1. The third kappa shape index (κ3) is 3.67. The molecule has 2 aromatic carbocycles. The van der Waals surface area contributed by atoms with E-state index in [0.717, 1.165) is 29.3 Å². The zero-order valence-electron chi connectivity index (χ0n) is 14.5. The molecule has 0 unspecified atom stereocenters. The largest absolute Gasteiger partial charge is 0.485 e. The second-order valence-electron chi connectivity index (χ2n) is 7.28. The van der Waals surface area contributed by atoms with E-state index in [1.54, 1.807) is 0 Å². The Hall–Kier alpha value is -1.22. The molecule has 2 aromatic rings. The maximum Gasteiger partial charge on any atom is 0.128 e. The number of hydrogen-bond acceptors (Lipinski definition) is 2. The lowest BCUT2D eigenvalue weighted by Gasteiger charge is -2.26. The van der Waals surface area contributed by atoms with E-state index in [4.69, 9.17) is 27.9 Å². The van der Waals surface area contributed by atoms with Gasteiger partial charge in [-0.1, -0.05) is 40.9 Å². The molecule has 132 valence electrons. The van der Waals surface area contributed by atoms with Crippen molar-refractivity contribution >= 4 is 23.2 Å². The van der Waals surface area contributed by atoms with Gasteiger partial charge in [0.1, 0.15) is 11.9 Å². The van der Waals surface area contributed by atoms with Crippen LogP contribution >= 0.6 is 23.2 Å². The average molecular weight is 376 g/mol. The van der Waals surface area contributed by atoms with Crippen LogP contribution in [0.15, 0.2) is 36.4 Å². The van der Waals surface area contributed by atoms with Gasteiger partial charge < -0.3 is 9.64 Å². The molecule has 4 rings (SSSR count). The highest BCUT2D eigenvalue weighted by molar-refractivity contribution is 6.35. The molecular weight excluding hydrogens is 353 g/mol. The molecule has 2 atom stereocenters. The Labute approximate surface area is 159 Å². The van der Waals surface area contributed by atoms with Crippen molar-refractivity contribution in [3.8, 4) is 5.75 Å². The minimum atomic E-state index is 0.00880. The SMILES string of the molecule is Cc1ccc(O[C@H]2c3cc(Cl)cc(Cl)c3C[C@H]2CN2CCCC2)cc1. The summed E-state index contributed by atoms with van der Waals surface area (Å²) in [5.74, 6) is 1.32. The van der Waals surface area contributed by atoms with Gasteiger partial charge in [0.15, 0.2) is 0 Å². The first-order valence-electron chi connectivity index (χ1n) is 9.03. The van der Waals surface area contributed by atoms with E-state index in [1.165, 1.54) is 37.1 Å². The summed E-state index contributed by atoms with van der Waals surface area (Å²) in [4.78, 5) is 2.55. The van der Waals surface area contributed by atoms with Crippen LogP contribution in [-0.2, 0) is 6.42 Å². The van der Waals surface area contributed by atoms with Gasteiger partial charge in [-0.05, 0) is 74.7 Å². The van der Waals surface area contributed by atoms with Gasteiger partial charge in [0.05, 0.1) is 0 Å². The summed E-state index contributed by atoms with van der Waals surface area (Å²) in [6.07, 6.45) is 3.57. The zero-order valence-corrected chi connectivity index (χ0v) is 16.0. The molecule has 0 saturated carbocycles. The highest BCUT2D eigenvalue weighted by Gasteiger charge is 2.37. The summed E-state index contributed by atoms with van der Waals surface area (Å²) in [5.41, 5.74) is 3.59. The Bertz CT molecular complexity index is 753. The lowest BCUT2D eigenvalue weighted by Crippen LogP contribution is -2.30. The van der Waals surface area contributed by atoms with Gasteiger partial charge in [0, 0.05) is 22.5 Å². The van der Waals surface area contributed by atoms with Crippen molar-refractivity contribution in [3.63, 3.8) is 0 Å². The lowest BCUT2D eigenvalue weighted by molar-refractivity contribution is 0.121. The van der Waals surface area contributed by atoms with E-state index in [2.05, 4.69) is 24.0 Å². The van der Waals surface area contributed by atoms with Gasteiger partial charge in [0.2, 0.25) is 0 Å². The third-order valence-corrected chi connectivity index (χ3v) is 5.93. The molecular formula is C21H23Cl2NO. The maximum absolute atomic E-state index is 6.49. The van der Waals surface area contributed by atoms with Crippen LogP contribution in [-0.4, -0.2) is 24.5 Å². The second kappa shape index (κ2) is 7.19. The molecule has 1 heterocycles. The van der Waals surface area contributed by atoms with Gasteiger partial charge in [0.25, 0.3) is 0 Å². The zero-order chi connectivity index (χ0) is 17.4. The molecule has 0 spiro atoms. The predicted octanol–water partition coefficient (Wildman–Crippen LogP) is 5.69. The van der Waals surface area contributed by atoms with Crippen molar-refractivity contribution in [1.29, 1.82) is 0 Å². The Morgan fingerprint density at radius 2 is 1.80 bits per heavy atom. The fourth-order valence-electron chi connectivity index (χ4n) is 4.10. The summed E-state index contributed by atoms with van der Waals surface area (Å²) >= 11 is 12.8. The van der Waals surface area contributed by atoms with Crippen LogP contribution in [0, 0.1) is 12.8 Å². The fourth-order valence-corrected chi connectivity index (χ4v) is 4.68. The van der Waals surface area contributed by atoms with Gasteiger partial charge in [-0.25, -0.2) is 0 Å². The Morgan fingerprint density at radius 1 is 1.08 bits per heavy atom. The number of rotatable bonds is 4. The number of benzene rings is 2. The van der Waals surface area contributed by atoms with Crippen LogP contribution in [0.4, 0.5) is 0 Å². The van der Waals surface area contributed by atoms with Crippen LogP contribution < -0.4 is 4.74 Å². The summed E-state index contributed by atoms with van der Waals surface area (Å²) in [6, 6.07) is 12.2. The summed E-state index contributed by atoms with van der Waals surface area (Å²) in [6.45, 7) is 5.53. The second-order valence-corrected chi connectivity index (χ2v) is 8.12. The molecule has 0 amide bonds. The number of fused-ring (bicyclic) bond motifs is 1. The quantitative estimate of drug-likeness (QED) is 0.680. The van der Waals surface area contributed by atoms with Crippen molar-refractivity contribution in [3.05, 3.63) is 63.1 Å². The minimum absolute atomic E-state index is 0.00880. The molecule has 2 aliphatic rings. The van der Waals surface area contributed by atoms with Gasteiger partial charge in [-0.2, -0.15) is 0 Å². The monoisotopic (exact) mass is 375 g/mol. The summed E-state index contributed by atoms with van der Waals surface area (Å²) in [7, 11) is 0. The predicted molar refractivity (Wildman–Crippen MR) is 104 cm³/mol. The standard InChI is InChI=1S/C21H23Cl2NO/c1-14-4-6-17(7-5-14)25-21-15(13-24-8-2-3-9-24)10-18-19(21)11-16(22)12-20(18)23/h4-7,11-12,15,21H,2-3,8-10,13H2,1H3/t15-,21+/m0/s1. The third-order valence-electron chi connectivity index (χ3n) is 5.37. The first kappa shape index (κ1) is 17.2. The van der Waals surface area contributed by atoms with E-state index >= 15 is 0 Å². The number of hydrogen-bond donors (Lipinski definition) is 0. The van der Waals surface area contributed by atoms with E-state index in [0.29, 0.717) is 10.9 Å². The average Bonchev–Trinajstić information content (AvgIpc) is 3.20. The molecule has 4 heteroatoms. The minimum Gasteiger partial charge on any atom is -0.485 e. The molecule has 0 bridgehead atoms. The number of halogens is 2. The van der Waals surface area contributed by atoms with E-state index in [1.807, 2.05) is 24.3 Å². The van der Waals surface area contributed by atoms with E-state index in [9.17, 15) is 0 Å². The van der Waals surface area contributed by atoms with Gasteiger partial charge in [-0.3, -0.25) is 0 Å². The van der Waals surface area contributed by atoms with Crippen molar-refractivity contribution < 1.29 is 4.74 Å². The van der Waals surface area contributed by atoms with E-state index < -0.39 is 0 Å². The van der Waals surface area contributed by atoms with Crippen LogP contribution in [0.3, 0.4) is 0 Å². The lowest BCUT2D eigenvalue weighted by atomic mass is 10.0. The van der Waals surface area contributed by atoms with Gasteiger partial charge >= 0.3 is 0 Å². The smallest absolute Gasteiger partial charge is 0.128 e. The van der Waals surface area contributed by atoms with Crippen molar-refractivity contribution in [2.75, 3.05) is 19.6 Å². The Balaban J connectivity index is 1.64. The number of nitrogens with zero attached hydrogens (tertiary/aromatic N) is 1. The molecule has 0 aromatic heterocycles. The molecule has 0 radical (unpaired) electrons. The highest BCUT2D eigenvalue weighted by atomic mass is 35.5.